The van der Waals surface area contributed by atoms with Crippen LogP contribution in [0, 0.1) is 0 Å². The zero-order chi connectivity index (χ0) is 14.8. The lowest BCUT2D eigenvalue weighted by molar-refractivity contribution is 0.541. The summed E-state index contributed by atoms with van der Waals surface area (Å²) in [4.78, 5) is 0. The topological polar surface area (TPSA) is 57.5 Å². The molecule has 2 heteroatoms. The molecule has 0 aliphatic heterocycles. The van der Waals surface area contributed by atoms with E-state index < -0.39 is 0 Å². The maximum Gasteiger partial charge on any atom is 0.0355 e. The lowest BCUT2D eigenvalue weighted by Gasteiger charge is -2.22. The molecule has 4 N–H and O–H groups in total. The second-order valence-electron chi connectivity index (χ2n) is 6.60. The summed E-state index contributed by atoms with van der Waals surface area (Å²) in [6.45, 7) is 6.47. The summed E-state index contributed by atoms with van der Waals surface area (Å²) in [6, 6.07) is 8.65. The molecule has 0 saturated heterocycles. The molecule has 0 bridgehead atoms. The van der Waals surface area contributed by atoms with Crippen molar-refractivity contribution >= 4 is 0 Å². The predicted octanol–water partition coefficient (Wildman–Crippen LogP) is 4.74. The van der Waals surface area contributed by atoms with Gasteiger partial charge in [-0.3, -0.25) is 0 Å². The zero-order valence-electron chi connectivity index (χ0n) is 14.3. The molecule has 21 heavy (non-hydrogen) atoms. The summed E-state index contributed by atoms with van der Waals surface area (Å²) < 4.78 is 0. The van der Waals surface area contributed by atoms with Crippen LogP contribution in [0.2, 0.25) is 0 Å². The third-order valence-corrected chi connectivity index (χ3v) is 4.01. The van der Waals surface area contributed by atoms with Gasteiger partial charge >= 0.3 is 0 Å². The van der Waals surface area contributed by atoms with Gasteiger partial charge in [-0.15, -0.1) is 0 Å². The minimum absolute atomic E-state index is 0. The molecule has 0 unspecified atom stereocenters. The van der Waals surface area contributed by atoms with Crippen molar-refractivity contribution in [1.82, 2.24) is 0 Å². The number of unbranched alkanes of at least 4 members (excludes halogenated alkanes) is 7. The second kappa shape index (κ2) is 10.8. The predicted molar refractivity (Wildman–Crippen MR) is 93.6 cm³/mol. The van der Waals surface area contributed by atoms with Gasteiger partial charge in [-0.25, -0.2) is 0 Å². The van der Waals surface area contributed by atoms with Gasteiger partial charge in [-0.2, -0.15) is 0 Å². The first kappa shape index (κ1) is 20.1. The average Bonchev–Trinajstić information content (AvgIpc) is 2.41. The fourth-order valence-corrected chi connectivity index (χ4v) is 2.82. The molecule has 1 aromatic carbocycles. The summed E-state index contributed by atoms with van der Waals surface area (Å²) in [6.07, 6.45) is 12.2. The maximum atomic E-state index is 6.26. The summed E-state index contributed by atoms with van der Waals surface area (Å²) in [5.41, 5.74) is 8.77. The largest absolute Gasteiger partial charge is 0.412 e. The Hall–Kier alpha value is -0.860. The first-order valence-corrected chi connectivity index (χ1v) is 8.43. The first-order valence-electron chi connectivity index (χ1n) is 8.43. The Morgan fingerprint density at radius 2 is 1.38 bits per heavy atom. The number of benzene rings is 1. The summed E-state index contributed by atoms with van der Waals surface area (Å²) in [5.74, 6) is 0. The fourth-order valence-electron chi connectivity index (χ4n) is 2.82. The van der Waals surface area contributed by atoms with Gasteiger partial charge in [0.1, 0.15) is 0 Å². The molecular formula is C19H35NO. The average molecular weight is 293 g/mol. The minimum atomic E-state index is -0.225. The van der Waals surface area contributed by atoms with Crippen LogP contribution in [-0.4, -0.2) is 5.48 Å². The van der Waals surface area contributed by atoms with Crippen LogP contribution in [0.3, 0.4) is 0 Å². The van der Waals surface area contributed by atoms with E-state index in [4.69, 9.17) is 5.73 Å². The molecule has 1 aromatic rings. The Kier molecular flexibility index (Phi) is 10.4. The van der Waals surface area contributed by atoms with Crippen LogP contribution in [-0.2, 0) is 12.0 Å². The van der Waals surface area contributed by atoms with Crippen molar-refractivity contribution in [3.05, 3.63) is 35.4 Å². The second-order valence-corrected chi connectivity index (χ2v) is 6.60. The van der Waals surface area contributed by atoms with Crippen molar-refractivity contribution in [2.75, 3.05) is 0 Å². The lowest BCUT2D eigenvalue weighted by atomic mass is 9.89. The molecule has 2 nitrogen and oxygen atoms in total. The van der Waals surface area contributed by atoms with Crippen LogP contribution < -0.4 is 5.73 Å². The molecule has 0 atom stereocenters. The van der Waals surface area contributed by atoms with Crippen LogP contribution in [0.1, 0.15) is 83.3 Å². The normalized spacial score (nSPS) is 11.2. The maximum absolute atomic E-state index is 6.26. The van der Waals surface area contributed by atoms with E-state index in [1.807, 2.05) is 0 Å². The molecule has 0 radical (unpaired) electrons. The molecule has 122 valence electrons. The van der Waals surface area contributed by atoms with E-state index in [0.29, 0.717) is 0 Å². The Labute approximate surface area is 131 Å². The number of hydrogen-bond donors (Lipinski definition) is 1. The van der Waals surface area contributed by atoms with E-state index in [1.165, 1.54) is 68.9 Å². The van der Waals surface area contributed by atoms with E-state index in [0.717, 1.165) is 0 Å². The summed E-state index contributed by atoms with van der Waals surface area (Å²) in [5, 5.41) is 0. The van der Waals surface area contributed by atoms with Crippen molar-refractivity contribution in [3.63, 3.8) is 0 Å². The van der Waals surface area contributed by atoms with Gasteiger partial charge < -0.3 is 11.2 Å². The van der Waals surface area contributed by atoms with Gasteiger partial charge in [0.05, 0.1) is 0 Å². The molecule has 0 amide bonds. The highest BCUT2D eigenvalue weighted by atomic mass is 16.0. The summed E-state index contributed by atoms with van der Waals surface area (Å²) >= 11 is 0. The van der Waals surface area contributed by atoms with E-state index in [9.17, 15) is 0 Å². The van der Waals surface area contributed by atoms with Crippen LogP contribution in [0.15, 0.2) is 24.3 Å². The van der Waals surface area contributed by atoms with Gasteiger partial charge in [-0.1, -0.05) is 76.1 Å². The molecule has 0 aliphatic rings. The van der Waals surface area contributed by atoms with Gasteiger partial charge in [0.2, 0.25) is 0 Å². The van der Waals surface area contributed by atoms with Crippen molar-refractivity contribution in [3.8, 4) is 0 Å². The van der Waals surface area contributed by atoms with Gasteiger partial charge in [0.15, 0.2) is 0 Å². The van der Waals surface area contributed by atoms with Crippen LogP contribution >= 0.6 is 0 Å². The lowest BCUT2D eigenvalue weighted by Crippen LogP contribution is -2.30. The first-order chi connectivity index (χ1) is 9.55. The van der Waals surface area contributed by atoms with Gasteiger partial charge in [-0.05, 0) is 37.8 Å². The Morgan fingerprint density at radius 3 is 1.95 bits per heavy atom. The highest BCUT2D eigenvalue weighted by molar-refractivity contribution is 5.32. The molecule has 0 aliphatic carbocycles. The van der Waals surface area contributed by atoms with Crippen molar-refractivity contribution < 1.29 is 5.48 Å². The minimum Gasteiger partial charge on any atom is -0.412 e. The number of nitrogens with two attached hydrogens (primary N) is 1. The van der Waals surface area contributed by atoms with E-state index >= 15 is 0 Å². The molecule has 0 saturated carbocycles. The van der Waals surface area contributed by atoms with Crippen molar-refractivity contribution in [2.45, 2.75) is 84.1 Å². The third-order valence-electron chi connectivity index (χ3n) is 4.01. The monoisotopic (exact) mass is 293 g/mol. The smallest absolute Gasteiger partial charge is 0.0355 e. The Morgan fingerprint density at radius 1 is 0.857 bits per heavy atom. The Bertz CT molecular complexity index is 368. The molecule has 1 rings (SSSR count). The standard InChI is InChI=1S/C19H33N.H2O/c1-4-5-6-7-8-9-10-11-14-17-15-12-13-16-18(17)19(2,3)20;/h12-13,15-16H,4-11,14,20H2,1-3H3;1H2. The number of aryl methyl sites for hydroxylation is 1. The molecule has 0 fully saturated rings. The SMILES string of the molecule is CCCCCCCCCCc1ccccc1C(C)(C)N.O. The van der Waals surface area contributed by atoms with Crippen molar-refractivity contribution in [1.29, 1.82) is 0 Å². The highest BCUT2D eigenvalue weighted by Gasteiger charge is 2.17. The number of rotatable bonds is 10. The molecular weight excluding hydrogens is 258 g/mol. The Balaban J connectivity index is 0.00000400. The zero-order valence-corrected chi connectivity index (χ0v) is 14.3. The van der Waals surface area contributed by atoms with Gasteiger partial charge in [0, 0.05) is 5.54 Å². The fraction of sp³-hybridized carbons (Fsp3) is 0.684. The van der Waals surface area contributed by atoms with Crippen molar-refractivity contribution in [2.24, 2.45) is 5.73 Å². The quantitative estimate of drug-likeness (QED) is 0.622. The van der Waals surface area contributed by atoms with E-state index in [-0.39, 0.29) is 11.0 Å². The summed E-state index contributed by atoms with van der Waals surface area (Å²) in [7, 11) is 0. The van der Waals surface area contributed by atoms with Crippen LogP contribution in [0.25, 0.3) is 0 Å². The highest BCUT2D eigenvalue weighted by Crippen LogP contribution is 2.23. The van der Waals surface area contributed by atoms with E-state index in [2.05, 4.69) is 45.0 Å². The van der Waals surface area contributed by atoms with Crippen LogP contribution in [0.4, 0.5) is 0 Å². The molecule has 0 aromatic heterocycles. The van der Waals surface area contributed by atoms with Gasteiger partial charge in [0.25, 0.3) is 0 Å². The van der Waals surface area contributed by atoms with Crippen LogP contribution in [0.5, 0.6) is 0 Å². The third kappa shape index (κ3) is 8.23. The number of hydrogen-bond acceptors (Lipinski definition) is 1. The molecule has 0 heterocycles. The molecule has 0 spiro atoms. The van der Waals surface area contributed by atoms with E-state index in [1.54, 1.807) is 0 Å².